The molecule has 0 saturated carbocycles. The van der Waals surface area contributed by atoms with Gasteiger partial charge in [0.2, 0.25) is 5.91 Å². The van der Waals surface area contributed by atoms with E-state index in [2.05, 4.69) is 5.32 Å². The van der Waals surface area contributed by atoms with Gasteiger partial charge in [0.25, 0.3) is 0 Å². The van der Waals surface area contributed by atoms with Crippen molar-refractivity contribution < 1.29 is 14.7 Å². The predicted octanol–water partition coefficient (Wildman–Crippen LogP) is -1.22. The molecule has 4 N–H and O–H groups in total. The summed E-state index contributed by atoms with van der Waals surface area (Å²) >= 11 is 0. The fraction of sp³-hybridized carbons (Fsp3) is 0.667. The third-order valence-electron chi connectivity index (χ3n) is 1.53. The maximum absolute atomic E-state index is 10.5. The molecule has 2 atom stereocenters. The molecule has 0 radical (unpaired) electrons. The molecular weight excluding hydrogens is 148 g/mol. The molecule has 0 aromatic heterocycles. The van der Waals surface area contributed by atoms with Crippen molar-refractivity contribution in [3.8, 4) is 0 Å². The van der Waals surface area contributed by atoms with Crippen molar-refractivity contribution in [1.82, 2.24) is 5.32 Å². The third kappa shape index (κ3) is 2.55. The second-order valence-corrected chi connectivity index (χ2v) is 2.30. The summed E-state index contributed by atoms with van der Waals surface area (Å²) in [6, 6.07) is -0.896. The van der Waals surface area contributed by atoms with E-state index in [1.807, 2.05) is 0 Å². The molecule has 5 nitrogen and oxygen atoms in total. The molecule has 0 spiro atoms. The molecule has 0 aromatic carbocycles. The summed E-state index contributed by atoms with van der Waals surface area (Å²) in [4.78, 5) is 20.9. The second kappa shape index (κ2) is 3.92. The zero-order valence-electron chi connectivity index (χ0n) is 6.50. The molecule has 0 heterocycles. The standard InChI is InChI=1S/C6H12N2O3/c1-3(5(7)9)4(8-2)6(10)11/h3-4,8H,1-2H3,(H2,7,9)(H,10,11)/t3?,4-/m0/s1. The van der Waals surface area contributed by atoms with Gasteiger partial charge < -0.3 is 16.2 Å². The monoisotopic (exact) mass is 160 g/mol. The summed E-state index contributed by atoms with van der Waals surface area (Å²) < 4.78 is 0. The molecule has 5 heteroatoms. The Kier molecular flexibility index (Phi) is 3.53. The number of rotatable bonds is 4. The van der Waals surface area contributed by atoms with Crippen LogP contribution in [0.15, 0.2) is 0 Å². The number of aliphatic carboxylic acids is 1. The van der Waals surface area contributed by atoms with Crippen LogP contribution in [0.5, 0.6) is 0 Å². The number of nitrogens with two attached hydrogens (primary N) is 1. The normalized spacial score (nSPS) is 15.5. The van der Waals surface area contributed by atoms with Crippen molar-refractivity contribution in [3.63, 3.8) is 0 Å². The second-order valence-electron chi connectivity index (χ2n) is 2.30. The molecule has 1 unspecified atom stereocenters. The Bertz CT molecular complexity index is 169. The number of carbonyl (C=O) groups excluding carboxylic acids is 1. The lowest BCUT2D eigenvalue weighted by Gasteiger charge is -2.15. The van der Waals surface area contributed by atoms with Crippen LogP contribution in [0.3, 0.4) is 0 Å². The van der Waals surface area contributed by atoms with Crippen molar-refractivity contribution in [3.05, 3.63) is 0 Å². The maximum Gasteiger partial charge on any atom is 0.321 e. The van der Waals surface area contributed by atoms with Crippen LogP contribution in [0.2, 0.25) is 0 Å². The first kappa shape index (κ1) is 9.90. The van der Waals surface area contributed by atoms with Crippen LogP contribution in [0.4, 0.5) is 0 Å². The van der Waals surface area contributed by atoms with E-state index in [0.29, 0.717) is 0 Å². The largest absolute Gasteiger partial charge is 0.480 e. The van der Waals surface area contributed by atoms with Gasteiger partial charge in [-0.05, 0) is 7.05 Å². The van der Waals surface area contributed by atoms with Gasteiger partial charge in [-0.1, -0.05) is 6.92 Å². The van der Waals surface area contributed by atoms with Crippen LogP contribution in [-0.2, 0) is 9.59 Å². The predicted molar refractivity (Wildman–Crippen MR) is 38.8 cm³/mol. The zero-order valence-corrected chi connectivity index (χ0v) is 6.50. The highest BCUT2D eigenvalue weighted by molar-refractivity contribution is 5.85. The van der Waals surface area contributed by atoms with Crippen molar-refractivity contribution >= 4 is 11.9 Å². The number of amides is 1. The van der Waals surface area contributed by atoms with Gasteiger partial charge in [0.1, 0.15) is 6.04 Å². The minimum atomic E-state index is -1.07. The van der Waals surface area contributed by atoms with Gasteiger partial charge in [0.05, 0.1) is 5.92 Å². The molecule has 0 aliphatic heterocycles. The van der Waals surface area contributed by atoms with E-state index < -0.39 is 23.8 Å². The number of hydrogen-bond donors (Lipinski definition) is 3. The summed E-state index contributed by atoms with van der Waals surface area (Å²) in [5.41, 5.74) is 4.91. The average Bonchev–Trinajstić information content (AvgIpc) is 1.88. The Morgan fingerprint density at radius 3 is 2.09 bits per heavy atom. The molecule has 64 valence electrons. The highest BCUT2D eigenvalue weighted by Crippen LogP contribution is 2.00. The number of carboxylic acids is 1. The van der Waals surface area contributed by atoms with Crippen molar-refractivity contribution in [2.24, 2.45) is 11.7 Å². The van der Waals surface area contributed by atoms with Gasteiger partial charge in [0, 0.05) is 0 Å². The van der Waals surface area contributed by atoms with Crippen molar-refractivity contribution in [2.45, 2.75) is 13.0 Å². The first-order valence-electron chi connectivity index (χ1n) is 3.20. The average molecular weight is 160 g/mol. The van der Waals surface area contributed by atoms with Gasteiger partial charge in [-0.15, -0.1) is 0 Å². The number of hydrogen-bond acceptors (Lipinski definition) is 3. The lowest BCUT2D eigenvalue weighted by Crippen LogP contribution is -2.45. The summed E-state index contributed by atoms with van der Waals surface area (Å²) in [5, 5.41) is 11.0. The van der Waals surface area contributed by atoms with E-state index in [1.165, 1.54) is 14.0 Å². The molecule has 0 aliphatic carbocycles. The fourth-order valence-electron chi connectivity index (χ4n) is 0.752. The SMILES string of the molecule is CN[C@H](C(=O)O)C(C)C(N)=O. The van der Waals surface area contributed by atoms with Gasteiger partial charge in [-0.25, -0.2) is 0 Å². The number of carbonyl (C=O) groups is 2. The molecule has 0 rings (SSSR count). The minimum Gasteiger partial charge on any atom is -0.480 e. The van der Waals surface area contributed by atoms with Gasteiger partial charge in [-0.3, -0.25) is 9.59 Å². The molecule has 0 bridgehead atoms. The van der Waals surface area contributed by atoms with Crippen LogP contribution in [0, 0.1) is 5.92 Å². The highest BCUT2D eigenvalue weighted by atomic mass is 16.4. The lowest BCUT2D eigenvalue weighted by molar-refractivity contribution is -0.143. The number of carboxylic acid groups (broad SMARTS) is 1. The van der Waals surface area contributed by atoms with Gasteiger partial charge >= 0.3 is 5.97 Å². The van der Waals surface area contributed by atoms with E-state index in [0.717, 1.165) is 0 Å². The lowest BCUT2D eigenvalue weighted by atomic mass is 10.0. The molecule has 0 aliphatic rings. The highest BCUT2D eigenvalue weighted by Gasteiger charge is 2.26. The maximum atomic E-state index is 10.5. The van der Waals surface area contributed by atoms with E-state index in [1.54, 1.807) is 0 Å². The van der Waals surface area contributed by atoms with Crippen molar-refractivity contribution in [2.75, 3.05) is 7.05 Å². The minimum absolute atomic E-state index is 0.619. The Balaban J connectivity index is 4.25. The third-order valence-corrected chi connectivity index (χ3v) is 1.53. The zero-order chi connectivity index (χ0) is 9.02. The molecule has 0 aromatic rings. The van der Waals surface area contributed by atoms with Gasteiger partial charge in [0.15, 0.2) is 0 Å². The first-order valence-corrected chi connectivity index (χ1v) is 3.20. The summed E-state index contributed by atoms with van der Waals surface area (Å²) in [6.07, 6.45) is 0. The molecule has 0 saturated heterocycles. The fourth-order valence-corrected chi connectivity index (χ4v) is 0.752. The Hall–Kier alpha value is -1.10. The molecule has 11 heavy (non-hydrogen) atoms. The Morgan fingerprint density at radius 1 is 1.55 bits per heavy atom. The smallest absolute Gasteiger partial charge is 0.321 e. The Morgan fingerprint density at radius 2 is 2.00 bits per heavy atom. The molecule has 0 fully saturated rings. The quantitative estimate of drug-likeness (QED) is 0.480. The number of likely N-dealkylation sites (N-methyl/N-ethyl adjacent to an activating group) is 1. The first-order chi connectivity index (χ1) is 5.00. The number of nitrogens with one attached hydrogen (secondary N) is 1. The molecular formula is C6H12N2O3. The van der Waals surface area contributed by atoms with Crippen LogP contribution >= 0.6 is 0 Å². The van der Waals surface area contributed by atoms with E-state index >= 15 is 0 Å². The Labute approximate surface area is 64.6 Å². The van der Waals surface area contributed by atoms with Crippen LogP contribution in [0.1, 0.15) is 6.92 Å². The van der Waals surface area contributed by atoms with Crippen LogP contribution < -0.4 is 11.1 Å². The van der Waals surface area contributed by atoms with Gasteiger partial charge in [-0.2, -0.15) is 0 Å². The summed E-state index contributed by atoms with van der Waals surface area (Å²) in [5.74, 6) is -2.39. The summed E-state index contributed by atoms with van der Waals surface area (Å²) in [7, 11) is 1.47. The van der Waals surface area contributed by atoms with E-state index in [4.69, 9.17) is 10.8 Å². The van der Waals surface area contributed by atoms with Crippen LogP contribution in [0.25, 0.3) is 0 Å². The molecule has 1 amide bonds. The van der Waals surface area contributed by atoms with E-state index in [-0.39, 0.29) is 0 Å². The summed E-state index contributed by atoms with van der Waals surface area (Å²) in [6.45, 7) is 1.47. The van der Waals surface area contributed by atoms with Crippen molar-refractivity contribution in [1.29, 1.82) is 0 Å². The topological polar surface area (TPSA) is 92.4 Å². The van der Waals surface area contributed by atoms with E-state index in [9.17, 15) is 9.59 Å². The number of primary amides is 1. The van der Waals surface area contributed by atoms with Crippen LogP contribution in [-0.4, -0.2) is 30.1 Å².